The fourth-order valence-corrected chi connectivity index (χ4v) is 3.55. The van der Waals surface area contributed by atoms with Crippen LogP contribution < -0.4 is 10.5 Å². The Labute approximate surface area is 176 Å². The molecule has 0 radical (unpaired) electrons. The lowest BCUT2D eigenvalue weighted by atomic mass is 10.0. The monoisotopic (exact) mass is 424 g/mol. The minimum Gasteiger partial charge on any atom is -0.481 e. The molecule has 0 aliphatic carbocycles. The van der Waals surface area contributed by atoms with Crippen molar-refractivity contribution in [3.8, 4) is 5.75 Å². The van der Waals surface area contributed by atoms with E-state index in [1.807, 2.05) is 30.3 Å². The van der Waals surface area contributed by atoms with Gasteiger partial charge in [-0.2, -0.15) is 0 Å². The number of ether oxygens (including phenoxy) is 1. The maximum absolute atomic E-state index is 12.7. The van der Waals surface area contributed by atoms with Gasteiger partial charge in [0.25, 0.3) is 11.7 Å². The zero-order valence-corrected chi connectivity index (χ0v) is 16.6. The van der Waals surface area contributed by atoms with Crippen LogP contribution in [0.4, 0.5) is 0 Å². The maximum Gasteiger partial charge on any atom is 0.341 e. The van der Waals surface area contributed by atoms with Crippen molar-refractivity contribution in [2.24, 2.45) is 5.73 Å². The van der Waals surface area contributed by atoms with Crippen LogP contribution in [0.3, 0.4) is 0 Å². The lowest BCUT2D eigenvalue weighted by Crippen LogP contribution is -2.24. The predicted octanol–water partition coefficient (Wildman–Crippen LogP) is 2.08. The summed E-state index contributed by atoms with van der Waals surface area (Å²) < 4.78 is 7.05. The number of benzene rings is 2. The fraction of sp³-hybridized carbons (Fsp3) is 0.182. The SMILES string of the molecule is CCc1c(C(=O)C(N)=O)c2c(OCC(=O)O)cc(C(=O)O)cc2n1Cc1ccccc1. The van der Waals surface area contributed by atoms with E-state index in [2.05, 4.69) is 0 Å². The van der Waals surface area contributed by atoms with Gasteiger partial charge >= 0.3 is 11.9 Å². The van der Waals surface area contributed by atoms with Crippen LogP contribution in [0, 0.1) is 0 Å². The van der Waals surface area contributed by atoms with Gasteiger partial charge in [-0.1, -0.05) is 37.3 Å². The number of fused-ring (bicyclic) bond motifs is 1. The van der Waals surface area contributed by atoms with E-state index in [1.165, 1.54) is 6.07 Å². The molecule has 2 aromatic carbocycles. The number of nitrogens with two attached hydrogens (primary N) is 1. The van der Waals surface area contributed by atoms with Crippen LogP contribution >= 0.6 is 0 Å². The second kappa shape index (κ2) is 8.70. The minimum atomic E-state index is -1.28. The number of hydrogen-bond donors (Lipinski definition) is 3. The minimum absolute atomic E-state index is 0.0155. The Morgan fingerprint density at radius 3 is 2.29 bits per heavy atom. The Morgan fingerprint density at radius 1 is 1.06 bits per heavy atom. The second-order valence-corrected chi connectivity index (χ2v) is 6.80. The molecule has 1 heterocycles. The van der Waals surface area contributed by atoms with Gasteiger partial charge in [0.1, 0.15) is 5.75 Å². The first-order valence-corrected chi connectivity index (χ1v) is 9.39. The van der Waals surface area contributed by atoms with Crippen LogP contribution in [0.5, 0.6) is 5.75 Å². The number of carbonyl (C=O) groups excluding carboxylic acids is 2. The second-order valence-electron chi connectivity index (χ2n) is 6.80. The third-order valence-electron chi connectivity index (χ3n) is 4.80. The number of aromatic nitrogens is 1. The van der Waals surface area contributed by atoms with Crippen molar-refractivity contribution >= 4 is 34.5 Å². The Kier molecular flexibility index (Phi) is 6.05. The Balaban J connectivity index is 2.40. The summed E-state index contributed by atoms with van der Waals surface area (Å²) in [6.07, 6.45) is 0.330. The molecule has 3 aromatic rings. The number of aromatic carboxylic acids is 1. The third-order valence-corrected chi connectivity index (χ3v) is 4.80. The standard InChI is InChI=1S/C22H20N2O7/c1-2-14-19(20(27)21(23)28)18-15(24(14)10-12-6-4-3-5-7-12)8-13(22(29)30)9-16(18)31-11-17(25)26/h3-9H,2,10-11H2,1H3,(H2,23,28)(H,25,26)(H,29,30). The van der Waals surface area contributed by atoms with Gasteiger partial charge in [-0.3, -0.25) is 9.59 Å². The number of hydrogen-bond acceptors (Lipinski definition) is 5. The molecular weight excluding hydrogens is 404 g/mol. The molecule has 1 aromatic heterocycles. The number of primary amides is 1. The van der Waals surface area contributed by atoms with Crippen molar-refractivity contribution in [1.82, 2.24) is 4.57 Å². The summed E-state index contributed by atoms with van der Waals surface area (Å²) in [6, 6.07) is 11.8. The first kappa shape index (κ1) is 21.6. The zero-order valence-electron chi connectivity index (χ0n) is 16.6. The lowest BCUT2D eigenvalue weighted by Gasteiger charge is -2.11. The topological polar surface area (TPSA) is 149 Å². The molecular formula is C22H20N2O7. The molecule has 9 heteroatoms. The molecule has 0 unspecified atom stereocenters. The van der Waals surface area contributed by atoms with Crippen LogP contribution in [-0.2, 0) is 22.6 Å². The molecule has 4 N–H and O–H groups in total. The number of nitrogens with zero attached hydrogens (tertiary/aromatic N) is 1. The maximum atomic E-state index is 12.7. The van der Waals surface area contributed by atoms with Crippen molar-refractivity contribution in [1.29, 1.82) is 0 Å². The van der Waals surface area contributed by atoms with Crippen LogP contribution in [0.15, 0.2) is 42.5 Å². The van der Waals surface area contributed by atoms with Crippen LogP contribution in [0.25, 0.3) is 10.9 Å². The van der Waals surface area contributed by atoms with Crippen molar-refractivity contribution in [3.05, 3.63) is 64.8 Å². The third kappa shape index (κ3) is 4.25. The van der Waals surface area contributed by atoms with Crippen molar-refractivity contribution < 1.29 is 34.1 Å². The van der Waals surface area contributed by atoms with E-state index in [0.717, 1.165) is 11.6 Å². The van der Waals surface area contributed by atoms with Crippen molar-refractivity contribution in [2.45, 2.75) is 19.9 Å². The summed E-state index contributed by atoms with van der Waals surface area (Å²) in [5.74, 6) is -4.80. The first-order chi connectivity index (χ1) is 14.7. The van der Waals surface area contributed by atoms with E-state index >= 15 is 0 Å². The van der Waals surface area contributed by atoms with Gasteiger partial charge in [0.15, 0.2) is 6.61 Å². The number of carboxylic acid groups (broad SMARTS) is 2. The van der Waals surface area contributed by atoms with Crippen LogP contribution in [0.2, 0.25) is 0 Å². The summed E-state index contributed by atoms with van der Waals surface area (Å²) in [4.78, 5) is 47.2. The quantitative estimate of drug-likeness (QED) is 0.352. The largest absolute Gasteiger partial charge is 0.481 e. The van der Waals surface area contributed by atoms with Gasteiger partial charge in [-0.25, -0.2) is 9.59 Å². The Hall–Kier alpha value is -4.14. The average molecular weight is 424 g/mol. The molecule has 0 aliphatic rings. The summed E-state index contributed by atoms with van der Waals surface area (Å²) >= 11 is 0. The summed E-state index contributed by atoms with van der Waals surface area (Å²) in [5, 5.41) is 18.7. The summed E-state index contributed by atoms with van der Waals surface area (Å²) in [5.41, 5.74) is 6.76. The highest BCUT2D eigenvalue weighted by molar-refractivity contribution is 6.45. The molecule has 0 atom stereocenters. The van der Waals surface area contributed by atoms with Crippen molar-refractivity contribution in [2.75, 3.05) is 6.61 Å². The highest BCUT2D eigenvalue weighted by Gasteiger charge is 2.28. The predicted molar refractivity (Wildman–Crippen MR) is 110 cm³/mol. The molecule has 0 saturated heterocycles. The number of carbonyl (C=O) groups is 4. The normalized spacial score (nSPS) is 10.7. The fourth-order valence-electron chi connectivity index (χ4n) is 3.55. The van der Waals surface area contributed by atoms with Gasteiger partial charge in [0.05, 0.1) is 22.0 Å². The van der Waals surface area contributed by atoms with E-state index < -0.39 is 30.2 Å². The number of amides is 1. The number of ketones is 1. The van der Waals surface area contributed by atoms with Gasteiger partial charge < -0.3 is 25.3 Å². The number of aliphatic carboxylic acids is 1. The molecule has 1 amide bonds. The average Bonchev–Trinajstić information content (AvgIpc) is 3.05. The number of rotatable bonds is 9. The molecule has 3 rings (SSSR count). The van der Waals surface area contributed by atoms with Crippen LogP contribution in [-0.4, -0.2) is 45.0 Å². The number of Topliss-reactive ketones (excluding diaryl/α,β-unsaturated/α-hetero) is 1. The van der Waals surface area contributed by atoms with Gasteiger partial charge in [-0.05, 0) is 24.1 Å². The molecule has 0 aliphatic heterocycles. The molecule has 31 heavy (non-hydrogen) atoms. The van der Waals surface area contributed by atoms with E-state index in [0.29, 0.717) is 17.6 Å². The number of carboxylic acids is 2. The van der Waals surface area contributed by atoms with E-state index in [9.17, 15) is 24.3 Å². The zero-order chi connectivity index (χ0) is 22.7. The smallest absolute Gasteiger partial charge is 0.341 e. The molecule has 160 valence electrons. The highest BCUT2D eigenvalue weighted by atomic mass is 16.5. The van der Waals surface area contributed by atoms with Crippen LogP contribution in [0.1, 0.15) is 38.9 Å². The lowest BCUT2D eigenvalue weighted by molar-refractivity contribution is -0.139. The molecule has 0 bridgehead atoms. The summed E-state index contributed by atoms with van der Waals surface area (Å²) in [6.45, 7) is 1.31. The first-order valence-electron chi connectivity index (χ1n) is 9.39. The van der Waals surface area contributed by atoms with E-state index in [-0.39, 0.29) is 28.8 Å². The Bertz CT molecular complexity index is 1200. The molecule has 9 nitrogen and oxygen atoms in total. The van der Waals surface area contributed by atoms with E-state index in [4.69, 9.17) is 15.6 Å². The molecule has 0 fully saturated rings. The molecule has 0 saturated carbocycles. The Morgan fingerprint density at radius 2 is 1.74 bits per heavy atom. The van der Waals surface area contributed by atoms with Gasteiger partial charge in [0, 0.05) is 12.2 Å². The summed E-state index contributed by atoms with van der Waals surface area (Å²) in [7, 11) is 0. The molecule has 0 spiro atoms. The van der Waals surface area contributed by atoms with Gasteiger partial charge in [0.2, 0.25) is 0 Å². The van der Waals surface area contributed by atoms with Crippen molar-refractivity contribution in [3.63, 3.8) is 0 Å². The highest BCUT2D eigenvalue weighted by Crippen LogP contribution is 2.36. The van der Waals surface area contributed by atoms with E-state index in [1.54, 1.807) is 11.5 Å². The van der Waals surface area contributed by atoms with Gasteiger partial charge in [-0.15, -0.1) is 0 Å².